The van der Waals surface area contributed by atoms with Crippen LogP contribution in [0.25, 0.3) is 0 Å². The first-order chi connectivity index (χ1) is 16.4. The summed E-state index contributed by atoms with van der Waals surface area (Å²) in [6.45, 7) is 0. The second-order valence-electron chi connectivity index (χ2n) is 9.03. The molecule has 2 aliphatic heterocycles. The molecule has 174 valence electrons. The number of nitrogens with zero attached hydrogens (tertiary/aromatic N) is 1. The number of carbonyl (C=O) groups is 1. The third-order valence-corrected chi connectivity index (χ3v) is 7.56. The predicted octanol–water partition coefficient (Wildman–Crippen LogP) is 3.81. The number of pyridine rings is 1. The maximum absolute atomic E-state index is 13.4. The highest BCUT2D eigenvalue weighted by molar-refractivity contribution is 5.81. The number of ether oxygens (including phenoxy) is 2. The molecule has 34 heavy (non-hydrogen) atoms. The van der Waals surface area contributed by atoms with Crippen LogP contribution in [0.15, 0.2) is 67.0 Å². The Morgan fingerprint density at radius 3 is 2.56 bits per heavy atom. The zero-order valence-corrected chi connectivity index (χ0v) is 18.2. The number of aliphatic hydroxyl groups is 1. The lowest BCUT2D eigenvalue weighted by atomic mass is 9.69. The summed E-state index contributed by atoms with van der Waals surface area (Å²) in [5.74, 6) is -0.522. The van der Waals surface area contributed by atoms with Crippen LogP contribution in [0.1, 0.15) is 41.0 Å². The molecule has 1 aliphatic carbocycles. The van der Waals surface area contributed by atoms with Gasteiger partial charge in [-0.1, -0.05) is 54.6 Å². The number of alkyl halides is 2. The summed E-state index contributed by atoms with van der Waals surface area (Å²) < 4.78 is 38.9. The lowest BCUT2D eigenvalue weighted by Crippen LogP contribution is -2.51. The van der Waals surface area contributed by atoms with Gasteiger partial charge in [-0.15, -0.1) is 0 Å². The minimum atomic E-state index is -2.62. The summed E-state index contributed by atoms with van der Waals surface area (Å²) in [6, 6.07) is 14.9. The Hall–Kier alpha value is -3.52. The second-order valence-corrected chi connectivity index (χ2v) is 9.03. The van der Waals surface area contributed by atoms with Crippen molar-refractivity contribution in [3.05, 3.63) is 89.2 Å². The molecular weight excluding hydrogens is 442 g/mol. The summed E-state index contributed by atoms with van der Waals surface area (Å²) >= 11 is 0. The molecule has 2 aromatic carbocycles. The van der Waals surface area contributed by atoms with Crippen LogP contribution in [0, 0.1) is 5.92 Å². The van der Waals surface area contributed by atoms with Crippen LogP contribution in [0.4, 0.5) is 8.78 Å². The van der Waals surface area contributed by atoms with Crippen molar-refractivity contribution < 1.29 is 28.2 Å². The molecule has 6 rings (SSSR count). The molecule has 3 aliphatic rings. The summed E-state index contributed by atoms with van der Waals surface area (Å²) in [4.78, 5) is 16.8. The summed E-state index contributed by atoms with van der Waals surface area (Å²) in [7, 11) is 1.48. The van der Waals surface area contributed by atoms with E-state index in [1.54, 1.807) is 12.1 Å². The number of aromatic nitrogens is 1. The molecule has 0 bridgehead atoms. The fraction of sp³-hybridized carbons (Fsp3) is 0.308. The van der Waals surface area contributed by atoms with Gasteiger partial charge in [0.1, 0.15) is 17.1 Å². The SMILES string of the molecule is COc1cncc2c1[C@]1(O)[C@@H]3CC(=O)N[C@@H]3[C@@H](c3ccccc3)[C@]1(c1ccc(C(F)F)cc1)O2. The molecular formula is C26H22F2N2O4. The molecule has 6 nitrogen and oxygen atoms in total. The standard InChI is InChI=1S/C26H22F2N2O4/c1-33-18-12-29-13-19-22(18)25(32)17-11-20(31)30-23(17)21(14-5-3-2-4-6-14)26(25,34-19)16-9-7-15(8-10-16)24(27)28/h2-10,12-13,17,21,23-24,32H,11H2,1H3,(H,30,31)/t17-,21-,23+,25-,26+/m1/s1. The average molecular weight is 464 g/mol. The smallest absolute Gasteiger partial charge is 0.263 e. The number of hydrogen-bond donors (Lipinski definition) is 2. The Bertz CT molecular complexity index is 1270. The predicted molar refractivity (Wildman–Crippen MR) is 118 cm³/mol. The molecule has 1 saturated heterocycles. The molecule has 2 N–H and O–H groups in total. The molecule has 0 spiro atoms. The molecule has 0 radical (unpaired) electrons. The number of amides is 1. The van der Waals surface area contributed by atoms with Gasteiger partial charge < -0.3 is 19.9 Å². The van der Waals surface area contributed by atoms with E-state index in [2.05, 4.69) is 10.3 Å². The number of fused-ring (bicyclic) bond motifs is 5. The van der Waals surface area contributed by atoms with Crippen molar-refractivity contribution in [1.29, 1.82) is 0 Å². The van der Waals surface area contributed by atoms with E-state index in [-0.39, 0.29) is 17.9 Å². The van der Waals surface area contributed by atoms with Crippen molar-refractivity contribution in [3.63, 3.8) is 0 Å². The molecule has 1 amide bonds. The maximum atomic E-state index is 13.4. The summed E-state index contributed by atoms with van der Waals surface area (Å²) in [6.07, 6.45) is 0.495. The van der Waals surface area contributed by atoms with Crippen molar-refractivity contribution in [2.24, 2.45) is 5.92 Å². The molecule has 1 aromatic heterocycles. The monoisotopic (exact) mass is 464 g/mol. The lowest BCUT2D eigenvalue weighted by Gasteiger charge is -2.42. The van der Waals surface area contributed by atoms with Crippen molar-refractivity contribution in [2.75, 3.05) is 7.11 Å². The number of hydrogen-bond acceptors (Lipinski definition) is 5. The minimum absolute atomic E-state index is 0.0929. The van der Waals surface area contributed by atoms with Crippen molar-refractivity contribution in [3.8, 4) is 11.5 Å². The number of carbonyl (C=O) groups excluding carboxylic acids is 1. The van der Waals surface area contributed by atoms with Crippen molar-refractivity contribution in [1.82, 2.24) is 10.3 Å². The Balaban J connectivity index is 1.67. The van der Waals surface area contributed by atoms with E-state index in [4.69, 9.17) is 9.47 Å². The van der Waals surface area contributed by atoms with Gasteiger partial charge in [-0.05, 0) is 11.1 Å². The Kier molecular flexibility index (Phi) is 4.48. The fourth-order valence-corrected chi connectivity index (χ4v) is 6.31. The van der Waals surface area contributed by atoms with E-state index in [0.717, 1.165) is 5.56 Å². The second kappa shape index (κ2) is 7.24. The number of benzene rings is 2. The van der Waals surface area contributed by atoms with Crippen LogP contribution in [0.2, 0.25) is 0 Å². The van der Waals surface area contributed by atoms with E-state index < -0.39 is 35.5 Å². The van der Waals surface area contributed by atoms with E-state index in [1.807, 2.05) is 30.3 Å². The molecule has 5 atom stereocenters. The molecule has 1 saturated carbocycles. The number of rotatable bonds is 4. The first kappa shape index (κ1) is 21.0. The van der Waals surface area contributed by atoms with E-state index in [1.165, 1.54) is 31.6 Å². The first-order valence-electron chi connectivity index (χ1n) is 11.1. The molecule has 0 unspecified atom stereocenters. The van der Waals surface area contributed by atoms with Gasteiger partial charge in [-0.2, -0.15) is 0 Å². The van der Waals surface area contributed by atoms with Crippen molar-refractivity contribution in [2.45, 2.75) is 36.0 Å². The van der Waals surface area contributed by atoms with Gasteiger partial charge in [-0.3, -0.25) is 9.78 Å². The maximum Gasteiger partial charge on any atom is 0.263 e. The number of nitrogens with one attached hydrogen (secondary N) is 1. The average Bonchev–Trinajstić information content (AvgIpc) is 3.42. The highest BCUT2D eigenvalue weighted by Crippen LogP contribution is 2.71. The van der Waals surface area contributed by atoms with Gasteiger partial charge in [0, 0.05) is 23.9 Å². The van der Waals surface area contributed by atoms with Crippen LogP contribution in [0.5, 0.6) is 11.5 Å². The number of methoxy groups -OCH3 is 1. The Labute approximate surface area is 194 Å². The molecule has 3 heterocycles. The van der Waals surface area contributed by atoms with Gasteiger partial charge in [0.2, 0.25) is 5.91 Å². The highest BCUT2D eigenvalue weighted by Gasteiger charge is 2.78. The van der Waals surface area contributed by atoms with E-state index in [9.17, 15) is 18.7 Å². The normalized spacial score (nSPS) is 31.0. The molecule has 2 fully saturated rings. The van der Waals surface area contributed by atoms with E-state index >= 15 is 0 Å². The van der Waals surface area contributed by atoms with Crippen LogP contribution in [-0.4, -0.2) is 29.1 Å². The summed E-state index contributed by atoms with van der Waals surface area (Å²) in [5, 5.41) is 15.8. The lowest BCUT2D eigenvalue weighted by molar-refractivity contribution is -0.136. The summed E-state index contributed by atoms with van der Waals surface area (Å²) in [5.41, 5.74) is -1.40. The highest BCUT2D eigenvalue weighted by atomic mass is 19.3. The van der Waals surface area contributed by atoms with Crippen LogP contribution >= 0.6 is 0 Å². The van der Waals surface area contributed by atoms with E-state index in [0.29, 0.717) is 22.6 Å². The third-order valence-electron chi connectivity index (χ3n) is 7.56. The first-order valence-corrected chi connectivity index (χ1v) is 11.1. The van der Waals surface area contributed by atoms with Crippen LogP contribution < -0.4 is 14.8 Å². The Morgan fingerprint density at radius 2 is 1.88 bits per heavy atom. The van der Waals surface area contributed by atoms with Gasteiger partial charge in [0.25, 0.3) is 6.43 Å². The largest absolute Gasteiger partial charge is 0.495 e. The molecule has 3 aromatic rings. The van der Waals surface area contributed by atoms with Gasteiger partial charge in [0.15, 0.2) is 5.60 Å². The van der Waals surface area contributed by atoms with Gasteiger partial charge >= 0.3 is 0 Å². The zero-order valence-electron chi connectivity index (χ0n) is 18.2. The van der Waals surface area contributed by atoms with Crippen molar-refractivity contribution >= 4 is 5.91 Å². The van der Waals surface area contributed by atoms with Crippen LogP contribution in [-0.2, 0) is 16.0 Å². The quantitative estimate of drug-likeness (QED) is 0.614. The van der Waals surface area contributed by atoms with Gasteiger partial charge in [0.05, 0.1) is 31.0 Å². The third kappa shape index (κ3) is 2.51. The Morgan fingerprint density at radius 1 is 1.15 bits per heavy atom. The van der Waals surface area contributed by atoms with Gasteiger partial charge in [-0.25, -0.2) is 8.78 Å². The fourth-order valence-electron chi connectivity index (χ4n) is 6.31. The van der Waals surface area contributed by atoms with Crippen LogP contribution in [0.3, 0.4) is 0 Å². The minimum Gasteiger partial charge on any atom is -0.495 e. The zero-order chi connectivity index (χ0) is 23.7. The number of halogens is 2. The molecule has 8 heteroatoms. The topological polar surface area (TPSA) is 80.7 Å².